The molecular formula is C31H33N7O4. The first-order chi connectivity index (χ1) is 20.2. The Morgan fingerprint density at radius 2 is 1.90 bits per heavy atom. The summed E-state index contributed by atoms with van der Waals surface area (Å²) in [5.74, 6) is 0.668. The number of hydrogen-bond donors (Lipinski definition) is 2. The number of nitrogens with one attached hydrogen (secondary N) is 1. The second kappa shape index (κ2) is 14.1. The highest BCUT2D eigenvalue weighted by Crippen LogP contribution is 2.22. The third kappa shape index (κ3) is 8.06. The van der Waals surface area contributed by atoms with Crippen molar-refractivity contribution >= 4 is 5.91 Å². The number of rotatable bonds is 12. The quantitative estimate of drug-likeness (QED) is 0.245. The fourth-order valence-electron chi connectivity index (χ4n) is 4.22. The molecule has 4 rings (SSSR count). The highest BCUT2D eigenvalue weighted by molar-refractivity contribution is 5.82. The molecule has 11 heteroatoms. The first kappa shape index (κ1) is 30.0. The van der Waals surface area contributed by atoms with Crippen molar-refractivity contribution in [2.75, 3.05) is 20.3 Å². The molecular weight excluding hydrogens is 534 g/mol. The molecule has 2 heterocycles. The number of hydrogen-bond acceptors (Lipinski definition) is 9. The van der Waals surface area contributed by atoms with E-state index in [9.17, 15) is 14.9 Å². The molecule has 0 radical (unpaired) electrons. The lowest BCUT2D eigenvalue weighted by molar-refractivity contribution is -0.125. The molecule has 0 unspecified atom stereocenters. The van der Waals surface area contributed by atoms with Gasteiger partial charge in [-0.3, -0.25) is 9.59 Å². The predicted octanol–water partition coefficient (Wildman–Crippen LogP) is 2.38. The average molecular weight is 568 g/mol. The van der Waals surface area contributed by atoms with Gasteiger partial charge in [0.25, 0.3) is 5.56 Å². The molecule has 4 aromatic rings. The van der Waals surface area contributed by atoms with Crippen molar-refractivity contribution in [3.8, 4) is 23.1 Å². The molecule has 2 atom stereocenters. The van der Waals surface area contributed by atoms with Gasteiger partial charge in [-0.1, -0.05) is 29.8 Å². The van der Waals surface area contributed by atoms with Crippen LogP contribution in [0.15, 0.2) is 71.8 Å². The number of ether oxygens (including phenoxy) is 2. The molecule has 0 aliphatic heterocycles. The zero-order chi connectivity index (χ0) is 30.1. The standard InChI is InChI=1S/C31H33N7O4/c1-20-5-4-6-22(11-20)19-38-29(39)8-7-27(37-38)25-13-23(12-24(14-25)16-32)15-28-35-17-26(18-36-28)42-10-9-34-31(40)30(33)21(2)41-3/h4-8,11-14,17-18,21,30H,9-10,15,19,33H2,1-3H3,(H,34,40)/t21-,30-/m0/s1. The summed E-state index contributed by atoms with van der Waals surface area (Å²) in [7, 11) is 1.50. The highest BCUT2D eigenvalue weighted by atomic mass is 16.5. The molecule has 0 aliphatic rings. The second-order valence-corrected chi connectivity index (χ2v) is 9.85. The van der Waals surface area contributed by atoms with Gasteiger partial charge < -0.3 is 20.5 Å². The van der Waals surface area contributed by atoms with Crippen molar-refractivity contribution in [1.82, 2.24) is 25.1 Å². The van der Waals surface area contributed by atoms with E-state index < -0.39 is 12.1 Å². The van der Waals surface area contributed by atoms with Crippen LogP contribution >= 0.6 is 0 Å². The van der Waals surface area contributed by atoms with Crippen LogP contribution in [0.4, 0.5) is 0 Å². The van der Waals surface area contributed by atoms with Gasteiger partial charge in [-0.25, -0.2) is 14.6 Å². The van der Waals surface area contributed by atoms with Crippen LogP contribution in [0.1, 0.15) is 35.0 Å². The molecule has 0 bridgehead atoms. The van der Waals surface area contributed by atoms with Crippen LogP contribution in [0.5, 0.6) is 5.75 Å². The molecule has 1 amide bonds. The zero-order valence-corrected chi connectivity index (χ0v) is 23.8. The van der Waals surface area contributed by atoms with Gasteiger partial charge in [0, 0.05) is 25.2 Å². The van der Waals surface area contributed by atoms with Crippen LogP contribution in [-0.4, -0.2) is 58.1 Å². The Labute approximate surface area is 244 Å². The van der Waals surface area contributed by atoms with Gasteiger partial charge in [-0.05, 0) is 49.2 Å². The molecule has 2 aromatic heterocycles. The first-order valence-corrected chi connectivity index (χ1v) is 13.4. The van der Waals surface area contributed by atoms with E-state index in [1.807, 2.05) is 37.3 Å². The maximum Gasteiger partial charge on any atom is 0.267 e. The monoisotopic (exact) mass is 567 g/mol. The van der Waals surface area contributed by atoms with Crippen molar-refractivity contribution < 1.29 is 14.3 Å². The Balaban J connectivity index is 1.41. The third-order valence-electron chi connectivity index (χ3n) is 6.59. The minimum atomic E-state index is -0.765. The fraction of sp³-hybridized carbons (Fsp3) is 0.290. The summed E-state index contributed by atoms with van der Waals surface area (Å²) in [5.41, 5.74) is 10.3. The molecule has 0 spiro atoms. The summed E-state index contributed by atoms with van der Waals surface area (Å²) in [6.07, 6.45) is 3.09. The summed E-state index contributed by atoms with van der Waals surface area (Å²) in [5, 5.41) is 16.9. The Morgan fingerprint density at radius 1 is 1.12 bits per heavy atom. The van der Waals surface area contributed by atoms with Gasteiger partial charge in [0.05, 0.1) is 48.9 Å². The van der Waals surface area contributed by atoms with E-state index in [-0.39, 0.29) is 24.6 Å². The van der Waals surface area contributed by atoms with E-state index in [0.29, 0.717) is 41.4 Å². The smallest absolute Gasteiger partial charge is 0.267 e. The minimum absolute atomic E-state index is 0.209. The summed E-state index contributed by atoms with van der Waals surface area (Å²) >= 11 is 0. The van der Waals surface area contributed by atoms with Crippen LogP contribution in [0, 0.1) is 18.3 Å². The van der Waals surface area contributed by atoms with E-state index in [1.54, 1.807) is 37.5 Å². The number of aromatic nitrogens is 4. The third-order valence-corrected chi connectivity index (χ3v) is 6.59. The number of nitriles is 1. The average Bonchev–Trinajstić information content (AvgIpc) is 3.00. The summed E-state index contributed by atoms with van der Waals surface area (Å²) < 4.78 is 12.1. The summed E-state index contributed by atoms with van der Waals surface area (Å²) in [4.78, 5) is 33.3. The number of carbonyl (C=O) groups excluding carboxylic acids is 1. The molecule has 2 aromatic carbocycles. The van der Waals surface area contributed by atoms with E-state index in [0.717, 1.165) is 16.7 Å². The van der Waals surface area contributed by atoms with E-state index in [2.05, 4.69) is 26.5 Å². The number of benzene rings is 2. The maximum atomic E-state index is 12.5. The van der Waals surface area contributed by atoms with Crippen molar-refractivity contribution in [3.63, 3.8) is 0 Å². The molecule has 0 saturated heterocycles. The van der Waals surface area contributed by atoms with Crippen molar-refractivity contribution in [2.45, 2.75) is 39.0 Å². The first-order valence-electron chi connectivity index (χ1n) is 13.4. The molecule has 0 saturated carbocycles. The minimum Gasteiger partial charge on any atom is -0.489 e. The Bertz CT molecular complexity index is 1630. The SMILES string of the molecule is CO[C@@H](C)[C@H](N)C(=O)NCCOc1cnc(Cc2cc(C#N)cc(-c3ccc(=O)n(Cc4cccc(C)c4)n3)c2)nc1. The van der Waals surface area contributed by atoms with E-state index in [4.69, 9.17) is 15.2 Å². The number of nitrogens with two attached hydrogens (primary N) is 1. The van der Waals surface area contributed by atoms with Crippen LogP contribution in [0.2, 0.25) is 0 Å². The van der Waals surface area contributed by atoms with Gasteiger partial charge in [-0.2, -0.15) is 10.4 Å². The van der Waals surface area contributed by atoms with E-state index in [1.165, 1.54) is 17.9 Å². The molecule has 11 nitrogen and oxygen atoms in total. The predicted molar refractivity (Wildman–Crippen MR) is 157 cm³/mol. The summed E-state index contributed by atoms with van der Waals surface area (Å²) in [6, 6.07) is 17.9. The number of carbonyl (C=O) groups is 1. The largest absolute Gasteiger partial charge is 0.489 e. The molecule has 0 aliphatic carbocycles. The van der Waals surface area contributed by atoms with Gasteiger partial charge in [0.1, 0.15) is 18.5 Å². The normalized spacial score (nSPS) is 12.3. The zero-order valence-electron chi connectivity index (χ0n) is 23.8. The lowest BCUT2D eigenvalue weighted by Gasteiger charge is -2.17. The lowest BCUT2D eigenvalue weighted by atomic mass is 10.0. The van der Waals surface area contributed by atoms with Crippen molar-refractivity contribution in [1.29, 1.82) is 5.26 Å². The maximum absolute atomic E-state index is 12.5. The van der Waals surface area contributed by atoms with Crippen LogP contribution in [-0.2, 0) is 22.5 Å². The van der Waals surface area contributed by atoms with Gasteiger partial charge in [0.2, 0.25) is 5.91 Å². The van der Waals surface area contributed by atoms with Gasteiger partial charge in [-0.15, -0.1) is 0 Å². The molecule has 0 fully saturated rings. The van der Waals surface area contributed by atoms with Crippen LogP contribution in [0.25, 0.3) is 11.3 Å². The fourth-order valence-corrected chi connectivity index (χ4v) is 4.22. The number of nitrogens with zero attached hydrogens (tertiary/aromatic N) is 5. The number of amides is 1. The highest BCUT2D eigenvalue weighted by Gasteiger charge is 2.19. The topological polar surface area (TPSA) is 158 Å². The Hall–Kier alpha value is -4.92. The van der Waals surface area contributed by atoms with Crippen molar-refractivity contribution in [3.05, 3.63) is 105 Å². The lowest BCUT2D eigenvalue weighted by Crippen LogP contribution is -2.48. The Kier molecular flexibility index (Phi) is 10.1. The van der Waals surface area contributed by atoms with Crippen molar-refractivity contribution in [2.24, 2.45) is 5.73 Å². The number of methoxy groups -OCH3 is 1. The Morgan fingerprint density at radius 3 is 2.62 bits per heavy atom. The molecule has 216 valence electrons. The van der Waals surface area contributed by atoms with Gasteiger partial charge in [0.15, 0.2) is 5.75 Å². The molecule has 3 N–H and O–H groups in total. The number of aryl methyl sites for hydroxylation is 1. The van der Waals surface area contributed by atoms with Crippen LogP contribution in [0.3, 0.4) is 0 Å². The van der Waals surface area contributed by atoms with Crippen LogP contribution < -0.4 is 21.3 Å². The second-order valence-electron chi connectivity index (χ2n) is 9.85. The van der Waals surface area contributed by atoms with E-state index >= 15 is 0 Å². The van der Waals surface area contributed by atoms with Gasteiger partial charge >= 0.3 is 0 Å². The molecule has 42 heavy (non-hydrogen) atoms. The summed E-state index contributed by atoms with van der Waals surface area (Å²) in [6.45, 7) is 4.55.